The predicted octanol–water partition coefficient (Wildman–Crippen LogP) is 0.726. The molecule has 2 heterocycles. The van der Waals surface area contributed by atoms with Gasteiger partial charge in [-0.25, -0.2) is 4.98 Å². The molecule has 1 N–H and O–H groups in total. The monoisotopic (exact) mass is 225 g/mol. The van der Waals surface area contributed by atoms with Crippen molar-refractivity contribution < 1.29 is 4.21 Å². The lowest BCUT2D eigenvalue weighted by Gasteiger charge is -2.22. The van der Waals surface area contributed by atoms with Crippen LogP contribution in [-0.4, -0.2) is 32.5 Å². The van der Waals surface area contributed by atoms with E-state index in [2.05, 4.69) is 15.3 Å². The maximum atomic E-state index is 11.9. The Morgan fingerprint density at radius 2 is 2.40 bits per heavy atom. The zero-order valence-electron chi connectivity index (χ0n) is 8.56. The Morgan fingerprint density at radius 1 is 1.47 bits per heavy atom. The zero-order valence-corrected chi connectivity index (χ0v) is 9.37. The number of nitrogens with zero attached hydrogens (tertiary/aromatic N) is 2. The number of nitrogens with one attached hydrogen (secondary N) is 1. The summed E-state index contributed by atoms with van der Waals surface area (Å²) < 4.78 is 11.9. The average Bonchev–Trinajstić information content (AvgIpc) is 2.31. The van der Waals surface area contributed by atoms with E-state index in [4.69, 9.17) is 0 Å². The molecule has 4 nitrogen and oxygen atoms in total. The van der Waals surface area contributed by atoms with Gasteiger partial charge in [-0.05, 0) is 19.4 Å². The van der Waals surface area contributed by atoms with Crippen molar-refractivity contribution in [2.75, 3.05) is 12.3 Å². The van der Waals surface area contributed by atoms with Gasteiger partial charge in [0.1, 0.15) is 5.03 Å². The number of rotatable bonds is 3. The fraction of sp³-hybridized carbons (Fsp3) is 0.600. The van der Waals surface area contributed by atoms with Crippen molar-refractivity contribution in [1.29, 1.82) is 0 Å². The fourth-order valence-electron chi connectivity index (χ4n) is 1.74. The molecule has 2 rings (SSSR count). The Hall–Kier alpha value is -0.810. The van der Waals surface area contributed by atoms with Crippen LogP contribution in [0.15, 0.2) is 23.6 Å². The summed E-state index contributed by atoms with van der Waals surface area (Å²) in [5.41, 5.74) is 0. The minimum Gasteiger partial charge on any atom is -0.313 e. The first-order valence-corrected chi connectivity index (χ1v) is 6.56. The highest BCUT2D eigenvalue weighted by atomic mass is 32.2. The molecule has 82 valence electrons. The summed E-state index contributed by atoms with van der Waals surface area (Å²) in [6.45, 7) is 1.04. The largest absolute Gasteiger partial charge is 0.313 e. The smallest absolute Gasteiger partial charge is 0.145 e. The maximum Gasteiger partial charge on any atom is 0.145 e. The molecule has 1 aliphatic heterocycles. The number of hydrogen-bond donors (Lipinski definition) is 1. The van der Waals surface area contributed by atoms with Gasteiger partial charge in [-0.3, -0.25) is 9.19 Å². The third-order valence-electron chi connectivity index (χ3n) is 2.54. The van der Waals surface area contributed by atoms with E-state index in [1.807, 2.05) is 0 Å². The molecule has 0 unspecified atom stereocenters. The molecule has 1 aromatic heterocycles. The van der Waals surface area contributed by atoms with Crippen molar-refractivity contribution in [2.24, 2.45) is 0 Å². The van der Waals surface area contributed by atoms with E-state index in [1.165, 1.54) is 12.8 Å². The topological polar surface area (TPSA) is 54.9 Å². The molecule has 0 saturated carbocycles. The molecule has 1 aromatic rings. The summed E-state index contributed by atoms with van der Waals surface area (Å²) in [5.74, 6) is 0.651. The lowest BCUT2D eigenvalue weighted by Crippen LogP contribution is -2.38. The van der Waals surface area contributed by atoms with Crippen LogP contribution < -0.4 is 5.32 Å². The highest BCUT2D eigenvalue weighted by Gasteiger charge is 2.16. The SMILES string of the molecule is O=[S@@](C[C@@H]1CCCCN1)c1cnccn1. The quantitative estimate of drug-likeness (QED) is 0.824. The Labute approximate surface area is 92.0 Å². The van der Waals surface area contributed by atoms with Crippen LogP contribution >= 0.6 is 0 Å². The molecule has 15 heavy (non-hydrogen) atoms. The van der Waals surface area contributed by atoms with E-state index in [-0.39, 0.29) is 0 Å². The molecule has 0 bridgehead atoms. The molecule has 2 atom stereocenters. The standard InChI is InChI=1S/C10H15N3OS/c14-15(10-7-11-5-6-13-10)8-9-3-1-2-4-12-9/h5-7,9,12H,1-4,8H2/t9-,15-/m0/s1. The van der Waals surface area contributed by atoms with Crippen LogP contribution in [0.5, 0.6) is 0 Å². The van der Waals surface area contributed by atoms with Crippen LogP contribution in [-0.2, 0) is 10.8 Å². The summed E-state index contributed by atoms with van der Waals surface area (Å²) in [7, 11) is -1.02. The fourth-order valence-corrected chi connectivity index (χ4v) is 2.91. The van der Waals surface area contributed by atoms with Gasteiger partial charge in [0.25, 0.3) is 0 Å². The number of hydrogen-bond acceptors (Lipinski definition) is 4. The molecule has 0 aromatic carbocycles. The molecule has 0 aliphatic carbocycles. The Kier molecular flexibility index (Phi) is 3.80. The second kappa shape index (κ2) is 5.32. The van der Waals surface area contributed by atoms with Crippen molar-refractivity contribution >= 4 is 10.8 Å². The lowest BCUT2D eigenvalue weighted by atomic mass is 10.1. The second-order valence-corrected chi connectivity index (χ2v) is 5.15. The third kappa shape index (κ3) is 3.07. The highest BCUT2D eigenvalue weighted by Crippen LogP contribution is 2.10. The summed E-state index contributed by atoms with van der Waals surface area (Å²) in [6, 6.07) is 0.376. The van der Waals surface area contributed by atoms with Gasteiger partial charge in [0, 0.05) is 24.2 Å². The number of aromatic nitrogens is 2. The van der Waals surface area contributed by atoms with Crippen LogP contribution in [0.25, 0.3) is 0 Å². The zero-order chi connectivity index (χ0) is 10.5. The summed E-state index contributed by atoms with van der Waals surface area (Å²) in [5, 5.41) is 3.97. The first-order valence-electron chi connectivity index (χ1n) is 5.24. The summed E-state index contributed by atoms with van der Waals surface area (Å²) in [4.78, 5) is 7.98. The molecule has 1 saturated heterocycles. The Bertz CT molecular complexity index is 325. The van der Waals surface area contributed by atoms with Crippen LogP contribution in [0.3, 0.4) is 0 Å². The van der Waals surface area contributed by atoms with E-state index in [9.17, 15) is 4.21 Å². The molecular weight excluding hydrogens is 210 g/mol. The number of piperidine rings is 1. The minimum atomic E-state index is -1.02. The van der Waals surface area contributed by atoms with Crippen LogP contribution in [0, 0.1) is 0 Å². The van der Waals surface area contributed by atoms with Crippen LogP contribution in [0.2, 0.25) is 0 Å². The predicted molar refractivity (Wildman–Crippen MR) is 58.9 cm³/mol. The second-order valence-electron chi connectivity index (χ2n) is 3.70. The lowest BCUT2D eigenvalue weighted by molar-refractivity contribution is 0.427. The van der Waals surface area contributed by atoms with Crippen molar-refractivity contribution in [3.8, 4) is 0 Å². The molecular formula is C10H15N3OS. The first-order chi connectivity index (χ1) is 7.36. The van der Waals surface area contributed by atoms with Crippen molar-refractivity contribution in [1.82, 2.24) is 15.3 Å². The Morgan fingerprint density at radius 3 is 3.07 bits per heavy atom. The van der Waals surface area contributed by atoms with E-state index >= 15 is 0 Å². The van der Waals surface area contributed by atoms with E-state index in [0.717, 1.165) is 13.0 Å². The van der Waals surface area contributed by atoms with Gasteiger partial charge in [0.2, 0.25) is 0 Å². The van der Waals surface area contributed by atoms with E-state index < -0.39 is 10.8 Å². The third-order valence-corrected chi connectivity index (χ3v) is 3.92. The van der Waals surface area contributed by atoms with Gasteiger partial charge >= 0.3 is 0 Å². The van der Waals surface area contributed by atoms with Crippen molar-refractivity contribution in [3.05, 3.63) is 18.6 Å². The van der Waals surface area contributed by atoms with Crippen LogP contribution in [0.4, 0.5) is 0 Å². The molecule has 1 aliphatic rings. The van der Waals surface area contributed by atoms with Crippen molar-refractivity contribution in [3.63, 3.8) is 0 Å². The minimum absolute atomic E-state index is 0.376. The van der Waals surface area contributed by atoms with Gasteiger partial charge in [0.15, 0.2) is 0 Å². The van der Waals surface area contributed by atoms with E-state index in [1.54, 1.807) is 18.6 Å². The summed E-state index contributed by atoms with van der Waals surface area (Å²) >= 11 is 0. The molecule has 1 fully saturated rings. The maximum absolute atomic E-state index is 11.9. The summed E-state index contributed by atoms with van der Waals surface area (Å²) in [6.07, 6.45) is 8.34. The molecule has 0 amide bonds. The molecule has 0 radical (unpaired) electrons. The van der Waals surface area contributed by atoms with Gasteiger partial charge < -0.3 is 5.32 Å². The van der Waals surface area contributed by atoms with Gasteiger partial charge in [-0.1, -0.05) is 6.42 Å². The van der Waals surface area contributed by atoms with Crippen LogP contribution in [0.1, 0.15) is 19.3 Å². The van der Waals surface area contributed by atoms with E-state index in [0.29, 0.717) is 16.8 Å². The average molecular weight is 225 g/mol. The van der Waals surface area contributed by atoms with Gasteiger partial charge in [-0.2, -0.15) is 0 Å². The van der Waals surface area contributed by atoms with Crippen molar-refractivity contribution in [2.45, 2.75) is 30.3 Å². The Balaban J connectivity index is 1.91. The van der Waals surface area contributed by atoms with Gasteiger partial charge in [0.05, 0.1) is 17.0 Å². The normalized spacial score (nSPS) is 23.6. The highest BCUT2D eigenvalue weighted by molar-refractivity contribution is 7.85. The molecule has 0 spiro atoms. The first kappa shape index (κ1) is 10.7. The van der Waals surface area contributed by atoms with Gasteiger partial charge in [-0.15, -0.1) is 0 Å². The molecule has 5 heteroatoms.